The maximum absolute atomic E-state index is 13.8. The van der Waals surface area contributed by atoms with Gasteiger partial charge in [-0.2, -0.15) is 0 Å². The number of carbonyl (C=O) groups excluding carboxylic acids is 2. The van der Waals surface area contributed by atoms with Crippen LogP contribution < -0.4 is 14.4 Å². The number of carbonyl (C=O) groups is 2. The minimum atomic E-state index is -4.05. The van der Waals surface area contributed by atoms with Crippen molar-refractivity contribution in [2.24, 2.45) is 0 Å². The Hall–Kier alpha value is -3.21. The van der Waals surface area contributed by atoms with Crippen LogP contribution in [0.15, 0.2) is 42.5 Å². The lowest BCUT2D eigenvalue weighted by Crippen LogP contribution is -2.51. The maximum atomic E-state index is 13.8. The summed E-state index contributed by atoms with van der Waals surface area (Å²) < 4.78 is 58.0. The van der Waals surface area contributed by atoms with Crippen LogP contribution in [0.3, 0.4) is 0 Å². The molecule has 0 heterocycles. The third-order valence-electron chi connectivity index (χ3n) is 5.35. The molecule has 1 atom stereocenters. The fourth-order valence-electron chi connectivity index (χ4n) is 3.34. The molecule has 0 aliphatic rings. The van der Waals surface area contributed by atoms with Crippen LogP contribution in [0, 0.1) is 11.6 Å². The van der Waals surface area contributed by atoms with Crippen molar-refractivity contribution in [1.29, 1.82) is 0 Å². The second-order valence-electron chi connectivity index (χ2n) is 8.06. The van der Waals surface area contributed by atoms with Crippen molar-refractivity contribution in [3.05, 3.63) is 59.7 Å². The topological polar surface area (TPSA) is 96.0 Å². The highest BCUT2D eigenvalue weighted by atomic mass is 32.2. The van der Waals surface area contributed by atoms with Crippen molar-refractivity contribution in [2.75, 3.05) is 30.8 Å². The standard InChI is InChI=1S/C24H31F2N3O5S/c1-5-6-12-27-24(31)17(2)28(15-18-8-7-9-20(13-18)34-3)23(30)16-29(35(4,32)33)19-10-11-21(25)22(26)14-19/h7-11,13-14,17H,5-6,12,15-16H2,1-4H3,(H,27,31)/t17-/m1/s1. The minimum Gasteiger partial charge on any atom is -0.497 e. The quantitative estimate of drug-likeness (QED) is 0.442. The molecule has 0 fully saturated rings. The lowest BCUT2D eigenvalue weighted by Gasteiger charge is -2.31. The van der Waals surface area contributed by atoms with E-state index in [4.69, 9.17) is 4.74 Å². The average Bonchev–Trinajstić information content (AvgIpc) is 2.81. The number of benzene rings is 2. The Morgan fingerprint density at radius 2 is 1.83 bits per heavy atom. The van der Waals surface area contributed by atoms with Crippen LogP contribution in [0.1, 0.15) is 32.3 Å². The Morgan fingerprint density at radius 3 is 2.43 bits per heavy atom. The van der Waals surface area contributed by atoms with Gasteiger partial charge in [0.25, 0.3) is 0 Å². The number of methoxy groups -OCH3 is 1. The summed E-state index contributed by atoms with van der Waals surface area (Å²) in [6.45, 7) is 3.24. The van der Waals surface area contributed by atoms with Gasteiger partial charge in [0.2, 0.25) is 21.8 Å². The van der Waals surface area contributed by atoms with Crippen molar-refractivity contribution >= 4 is 27.5 Å². The van der Waals surface area contributed by atoms with Crippen LogP contribution in [0.25, 0.3) is 0 Å². The SMILES string of the molecule is CCCCNC(=O)[C@@H](C)N(Cc1cccc(OC)c1)C(=O)CN(c1ccc(F)c(F)c1)S(C)(=O)=O. The van der Waals surface area contributed by atoms with E-state index < -0.39 is 46.1 Å². The molecule has 1 N–H and O–H groups in total. The monoisotopic (exact) mass is 511 g/mol. The van der Waals surface area contributed by atoms with Gasteiger partial charge in [0.05, 0.1) is 19.1 Å². The van der Waals surface area contributed by atoms with E-state index in [9.17, 15) is 26.8 Å². The average molecular weight is 512 g/mol. The summed E-state index contributed by atoms with van der Waals surface area (Å²) in [6.07, 6.45) is 2.49. The number of nitrogens with zero attached hydrogens (tertiary/aromatic N) is 2. The van der Waals surface area contributed by atoms with Crippen LogP contribution in [0.2, 0.25) is 0 Å². The van der Waals surface area contributed by atoms with E-state index in [0.29, 0.717) is 28.2 Å². The van der Waals surface area contributed by atoms with Crippen molar-refractivity contribution in [2.45, 2.75) is 39.3 Å². The molecular weight excluding hydrogens is 480 g/mol. The smallest absolute Gasteiger partial charge is 0.244 e. The van der Waals surface area contributed by atoms with Gasteiger partial charge in [-0.25, -0.2) is 17.2 Å². The number of ether oxygens (including phenoxy) is 1. The molecule has 2 amide bonds. The molecule has 2 aromatic carbocycles. The summed E-state index contributed by atoms with van der Waals surface area (Å²) in [6, 6.07) is 8.52. The summed E-state index contributed by atoms with van der Waals surface area (Å²) in [5, 5.41) is 2.78. The van der Waals surface area contributed by atoms with Gasteiger partial charge in [-0.3, -0.25) is 13.9 Å². The summed E-state index contributed by atoms with van der Waals surface area (Å²) in [5.74, 6) is -2.94. The highest BCUT2D eigenvalue weighted by Crippen LogP contribution is 2.22. The summed E-state index contributed by atoms with van der Waals surface area (Å²) in [5.41, 5.74) is 0.450. The predicted octanol–water partition coefficient (Wildman–Crippen LogP) is 3.07. The maximum Gasteiger partial charge on any atom is 0.244 e. The van der Waals surface area contributed by atoms with E-state index in [1.54, 1.807) is 31.2 Å². The van der Waals surface area contributed by atoms with E-state index in [2.05, 4.69) is 5.32 Å². The first kappa shape index (κ1) is 28.0. The summed E-state index contributed by atoms with van der Waals surface area (Å²) in [7, 11) is -2.55. The Balaban J connectivity index is 2.38. The normalized spacial score (nSPS) is 12.1. The van der Waals surface area contributed by atoms with Crippen molar-refractivity contribution in [1.82, 2.24) is 10.2 Å². The van der Waals surface area contributed by atoms with Gasteiger partial charge >= 0.3 is 0 Å². The first-order valence-electron chi connectivity index (χ1n) is 11.1. The molecule has 0 saturated carbocycles. The van der Waals surface area contributed by atoms with Crippen LogP contribution in [-0.4, -0.2) is 57.6 Å². The molecule has 0 saturated heterocycles. The highest BCUT2D eigenvalue weighted by Gasteiger charge is 2.30. The first-order valence-corrected chi connectivity index (χ1v) is 13.0. The van der Waals surface area contributed by atoms with E-state index in [1.165, 1.54) is 12.0 Å². The van der Waals surface area contributed by atoms with E-state index in [0.717, 1.165) is 31.2 Å². The zero-order valence-electron chi connectivity index (χ0n) is 20.3. The van der Waals surface area contributed by atoms with E-state index in [-0.39, 0.29) is 12.2 Å². The predicted molar refractivity (Wildman–Crippen MR) is 129 cm³/mol. The molecule has 0 aliphatic heterocycles. The summed E-state index contributed by atoms with van der Waals surface area (Å²) >= 11 is 0. The van der Waals surface area contributed by atoms with Gasteiger partial charge in [0, 0.05) is 19.2 Å². The molecule has 0 radical (unpaired) electrons. The third kappa shape index (κ3) is 7.91. The van der Waals surface area contributed by atoms with Crippen molar-refractivity contribution < 1.29 is 31.5 Å². The number of hydrogen-bond acceptors (Lipinski definition) is 5. The van der Waals surface area contributed by atoms with Crippen LogP contribution >= 0.6 is 0 Å². The van der Waals surface area contributed by atoms with Crippen molar-refractivity contribution in [3.8, 4) is 5.75 Å². The van der Waals surface area contributed by atoms with Crippen molar-refractivity contribution in [3.63, 3.8) is 0 Å². The lowest BCUT2D eigenvalue weighted by atomic mass is 10.1. The number of hydrogen-bond donors (Lipinski definition) is 1. The molecule has 2 aromatic rings. The van der Waals surface area contributed by atoms with Crippen LogP contribution in [0.5, 0.6) is 5.75 Å². The van der Waals surface area contributed by atoms with E-state index >= 15 is 0 Å². The third-order valence-corrected chi connectivity index (χ3v) is 6.49. The van der Waals surface area contributed by atoms with Gasteiger partial charge in [0.15, 0.2) is 11.6 Å². The van der Waals surface area contributed by atoms with Crippen LogP contribution in [-0.2, 0) is 26.2 Å². The molecule has 11 heteroatoms. The Bertz CT molecular complexity index is 1140. The Morgan fingerprint density at radius 1 is 1.11 bits per heavy atom. The fraction of sp³-hybridized carbons (Fsp3) is 0.417. The molecule has 35 heavy (non-hydrogen) atoms. The zero-order chi connectivity index (χ0) is 26.2. The van der Waals surface area contributed by atoms with Gasteiger partial charge in [-0.05, 0) is 43.2 Å². The van der Waals surface area contributed by atoms with Gasteiger partial charge in [-0.1, -0.05) is 25.5 Å². The molecule has 0 bridgehead atoms. The van der Waals surface area contributed by atoms with Crippen LogP contribution in [0.4, 0.5) is 14.5 Å². The number of nitrogens with one attached hydrogen (secondary N) is 1. The first-order chi connectivity index (χ1) is 16.5. The molecule has 0 spiro atoms. The molecule has 0 aliphatic carbocycles. The molecule has 0 unspecified atom stereocenters. The van der Waals surface area contributed by atoms with E-state index in [1.807, 2.05) is 6.92 Å². The second-order valence-corrected chi connectivity index (χ2v) is 9.97. The minimum absolute atomic E-state index is 0.00617. The van der Waals surface area contributed by atoms with Gasteiger partial charge < -0.3 is 15.0 Å². The molecule has 0 aromatic heterocycles. The lowest BCUT2D eigenvalue weighted by molar-refractivity contribution is -0.139. The number of amides is 2. The number of halogens is 2. The van der Waals surface area contributed by atoms with Gasteiger partial charge in [-0.15, -0.1) is 0 Å². The zero-order valence-corrected chi connectivity index (χ0v) is 21.1. The number of sulfonamides is 1. The van der Waals surface area contributed by atoms with Gasteiger partial charge in [0.1, 0.15) is 18.3 Å². The molecule has 8 nitrogen and oxygen atoms in total. The molecular formula is C24H31F2N3O5S. The largest absolute Gasteiger partial charge is 0.497 e. The number of rotatable bonds is 12. The number of anilines is 1. The Kier molecular flexibility index (Phi) is 10.00. The second kappa shape index (κ2) is 12.5. The fourth-order valence-corrected chi connectivity index (χ4v) is 4.18. The molecule has 2 rings (SSSR count). The number of unbranched alkanes of at least 4 members (excludes halogenated alkanes) is 1. The molecule has 192 valence electrons. The Labute approximate surface area is 204 Å². The highest BCUT2D eigenvalue weighted by molar-refractivity contribution is 7.92. The summed E-state index contributed by atoms with van der Waals surface area (Å²) in [4.78, 5) is 27.4.